The number of para-hydroxylation sites is 1. The molecule has 4 rings (SSSR count). The summed E-state index contributed by atoms with van der Waals surface area (Å²) in [5.74, 6) is 0.112. The maximum atomic E-state index is 13.4. The van der Waals surface area contributed by atoms with Crippen LogP contribution >= 0.6 is 11.8 Å². The Labute approximate surface area is 183 Å². The number of phenolic OH excluding ortho intramolecular Hbond substituents is 1. The number of aryl methyl sites for hydroxylation is 1. The molecule has 0 fully saturated rings. The molecule has 0 unspecified atom stereocenters. The van der Waals surface area contributed by atoms with E-state index < -0.39 is 11.2 Å². The monoisotopic (exact) mass is 438 g/mol. The van der Waals surface area contributed by atoms with Gasteiger partial charge in [-0.3, -0.25) is 19.6 Å². The number of fused-ring (bicyclic) bond motifs is 1. The Hall–Kier alpha value is -3.33. The van der Waals surface area contributed by atoms with E-state index in [0.717, 1.165) is 16.8 Å². The van der Waals surface area contributed by atoms with Crippen LogP contribution < -0.4 is 4.90 Å². The highest BCUT2D eigenvalue weighted by molar-refractivity contribution is 8.00. The Morgan fingerprint density at radius 1 is 1.26 bits per heavy atom. The number of anilines is 1. The van der Waals surface area contributed by atoms with Crippen LogP contribution in [0.1, 0.15) is 18.9 Å². The highest BCUT2D eigenvalue weighted by atomic mass is 32.2. The van der Waals surface area contributed by atoms with Crippen LogP contribution in [0.4, 0.5) is 5.69 Å². The van der Waals surface area contributed by atoms with Crippen LogP contribution in [0.5, 0.6) is 5.75 Å². The van der Waals surface area contributed by atoms with Crippen molar-refractivity contribution >= 4 is 29.3 Å². The summed E-state index contributed by atoms with van der Waals surface area (Å²) in [4.78, 5) is 31.5. The van der Waals surface area contributed by atoms with Crippen LogP contribution in [-0.2, 0) is 20.7 Å². The zero-order valence-electron chi connectivity index (χ0n) is 16.9. The summed E-state index contributed by atoms with van der Waals surface area (Å²) in [5.41, 5.74) is 2.53. The van der Waals surface area contributed by atoms with Gasteiger partial charge in [0.1, 0.15) is 12.3 Å². The maximum absolute atomic E-state index is 13.4. The van der Waals surface area contributed by atoms with Gasteiger partial charge >= 0.3 is 5.97 Å². The van der Waals surface area contributed by atoms with Crippen molar-refractivity contribution in [2.24, 2.45) is 0 Å². The number of ether oxygens (including phenoxy) is 1. The van der Waals surface area contributed by atoms with E-state index in [4.69, 9.17) is 4.74 Å². The second-order valence-electron chi connectivity index (χ2n) is 7.02. The lowest BCUT2D eigenvalue weighted by Crippen LogP contribution is -2.41. The zero-order chi connectivity index (χ0) is 21.8. The van der Waals surface area contributed by atoms with Gasteiger partial charge in [0.05, 0.1) is 11.9 Å². The van der Waals surface area contributed by atoms with Gasteiger partial charge in [0, 0.05) is 11.3 Å². The minimum absolute atomic E-state index is 0.131. The predicted octanol–water partition coefficient (Wildman–Crippen LogP) is 3.18. The van der Waals surface area contributed by atoms with Crippen molar-refractivity contribution in [2.75, 3.05) is 18.1 Å². The van der Waals surface area contributed by atoms with E-state index in [1.54, 1.807) is 31.2 Å². The molecular formula is C22H22N4O4S. The molecule has 9 heteroatoms. The van der Waals surface area contributed by atoms with Gasteiger partial charge < -0.3 is 9.84 Å². The third-order valence-corrected chi connectivity index (χ3v) is 6.06. The minimum Gasteiger partial charge on any atom is -0.508 e. The number of hydrogen-bond acceptors (Lipinski definition) is 7. The van der Waals surface area contributed by atoms with Crippen LogP contribution in [0.25, 0.3) is 11.4 Å². The van der Waals surface area contributed by atoms with Crippen molar-refractivity contribution in [1.29, 1.82) is 0 Å². The Bertz CT molecular complexity index is 1080. The molecule has 1 aromatic heterocycles. The van der Waals surface area contributed by atoms with Gasteiger partial charge in [-0.25, -0.2) is 4.98 Å². The van der Waals surface area contributed by atoms with Crippen LogP contribution in [0, 0.1) is 0 Å². The number of phenols is 1. The first-order chi connectivity index (χ1) is 15.0. The number of aromatic hydroxyl groups is 1. The molecule has 1 amide bonds. The van der Waals surface area contributed by atoms with Crippen molar-refractivity contribution < 1.29 is 19.4 Å². The second kappa shape index (κ2) is 9.22. The molecule has 2 N–H and O–H groups in total. The number of hydrogen-bond donors (Lipinski definition) is 2. The second-order valence-corrected chi connectivity index (χ2v) is 8.19. The largest absolute Gasteiger partial charge is 0.508 e. The molecule has 1 aliphatic heterocycles. The van der Waals surface area contributed by atoms with E-state index in [0.29, 0.717) is 23.8 Å². The Morgan fingerprint density at radius 3 is 2.81 bits per heavy atom. The fourth-order valence-corrected chi connectivity index (χ4v) is 4.43. The molecule has 0 radical (unpaired) electrons. The zero-order valence-corrected chi connectivity index (χ0v) is 17.8. The Balaban J connectivity index is 1.56. The first kappa shape index (κ1) is 20.9. The Morgan fingerprint density at radius 2 is 2.03 bits per heavy atom. The lowest BCUT2D eigenvalue weighted by atomic mass is 10.1. The van der Waals surface area contributed by atoms with Gasteiger partial charge in [0.2, 0.25) is 11.1 Å². The summed E-state index contributed by atoms with van der Waals surface area (Å²) in [6, 6.07) is 14.2. The number of H-pyrrole nitrogens is 1. The summed E-state index contributed by atoms with van der Waals surface area (Å²) in [5, 5.41) is 16.6. The van der Waals surface area contributed by atoms with Crippen LogP contribution in [0.3, 0.4) is 0 Å². The molecule has 0 bridgehead atoms. The number of carbonyl (C=O) groups is 2. The van der Waals surface area contributed by atoms with Gasteiger partial charge in [-0.1, -0.05) is 30.0 Å². The number of aromatic nitrogens is 3. The molecule has 0 saturated carbocycles. The average Bonchev–Trinajstić information content (AvgIpc) is 3.19. The fourth-order valence-electron chi connectivity index (χ4n) is 3.47. The van der Waals surface area contributed by atoms with Crippen molar-refractivity contribution in [1.82, 2.24) is 15.2 Å². The van der Waals surface area contributed by atoms with E-state index in [-0.39, 0.29) is 24.8 Å². The third-order valence-electron chi connectivity index (χ3n) is 4.95. The normalized spacial score (nSPS) is 16.0. The summed E-state index contributed by atoms with van der Waals surface area (Å²) < 4.78 is 5.08. The molecule has 8 nitrogen and oxygen atoms in total. The minimum atomic E-state index is -0.441. The standard InChI is InChI=1S/C22H22N4O4S/c1-2-30-19(28)13-26-17-6-4-3-5-14(17)9-12-18(21(26)29)31-22-23-20(24-25-22)15-7-10-16(27)11-8-15/h3-8,10-11,18,27H,2,9,12-13H2,1H3,(H,23,24,25)/t18-/m0/s1. The molecule has 0 spiro atoms. The molecule has 2 aromatic carbocycles. The number of carbonyl (C=O) groups excluding carboxylic acids is 2. The smallest absolute Gasteiger partial charge is 0.326 e. The van der Waals surface area contributed by atoms with Crippen LogP contribution in [-0.4, -0.2) is 50.6 Å². The molecule has 0 saturated heterocycles. The molecule has 0 aliphatic carbocycles. The number of nitrogens with one attached hydrogen (secondary N) is 1. The third kappa shape index (κ3) is 4.72. The average molecular weight is 439 g/mol. The van der Waals surface area contributed by atoms with Crippen LogP contribution in [0.15, 0.2) is 53.7 Å². The number of aromatic amines is 1. The number of thioether (sulfide) groups is 1. The highest BCUT2D eigenvalue weighted by Gasteiger charge is 2.33. The number of rotatable bonds is 6. The predicted molar refractivity (Wildman–Crippen MR) is 117 cm³/mol. The summed E-state index contributed by atoms with van der Waals surface area (Å²) in [7, 11) is 0. The molecule has 1 atom stereocenters. The van der Waals surface area contributed by atoms with Crippen molar-refractivity contribution in [3.63, 3.8) is 0 Å². The topological polar surface area (TPSA) is 108 Å². The van der Waals surface area contributed by atoms with Gasteiger partial charge in [0.25, 0.3) is 0 Å². The van der Waals surface area contributed by atoms with Crippen molar-refractivity contribution in [3.8, 4) is 17.1 Å². The summed E-state index contributed by atoms with van der Waals surface area (Å²) in [6.45, 7) is 1.87. The van der Waals surface area contributed by atoms with E-state index in [2.05, 4.69) is 15.2 Å². The van der Waals surface area contributed by atoms with E-state index >= 15 is 0 Å². The lowest BCUT2D eigenvalue weighted by molar-refractivity contribution is -0.142. The first-order valence-electron chi connectivity index (χ1n) is 9.98. The van der Waals surface area contributed by atoms with Gasteiger partial charge in [-0.2, -0.15) is 0 Å². The first-order valence-corrected chi connectivity index (χ1v) is 10.9. The molecular weight excluding hydrogens is 416 g/mol. The fraction of sp³-hybridized carbons (Fsp3) is 0.273. The van der Waals surface area contributed by atoms with Gasteiger partial charge in [-0.05, 0) is 55.7 Å². The lowest BCUT2D eigenvalue weighted by Gasteiger charge is -2.24. The SMILES string of the molecule is CCOC(=O)CN1C(=O)[C@@H](Sc2n[nH]c(-c3ccc(O)cc3)n2)CCc2ccccc21. The van der Waals surface area contributed by atoms with E-state index in [9.17, 15) is 14.7 Å². The van der Waals surface area contributed by atoms with Crippen molar-refractivity contribution in [3.05, 3.63) is 54.1 Å². The van der Waals surface area contributed by atoms with E-state index in [1.807, 2.05) is 24.3 Å². The quantitative estimate of drug-likeness (QED) is 0.569. The Kier molecular flexibility index (Phi) is 6.22. The van der Waals surface area contributed by atoms with Gasteiger partial charge in [-0.15, -0.1) is 5.10 Å². The summed E-state index contributed by atoms with van der Waals surface area (Å²) >= 11 is 1.27. The number of nitrogens with zero attached hydrogens (tertiary/aromatic N) is 3. The number of amides is 1. The molecule has 1 aliphatic rings. The molecule has 31 heavy (non-hydrogen) atoms. The molecule has 160 valence electrons. The van der Waals surface area contributed by atoms with E-state index in [1.165, 1.54) is 16.7 Å². The maximum Gasteiger partial charge on any atom is 0.326 e. The van der Waals surface area contributed by atoms with Crippen LogP contribution in [0.2, 0.25) is 0 Å². The molecule has 3 aromatic rings. The van der Waals surface area contributed by atoms with Gasteiger partial charge in [0.15, 0.2) is 5.82 Å². The highest BCUT2D eigenvalue weighted by Crippen LogP contribution is 2.34. The number of esters is 1. The summed E-state index contributed by atoms with van der Waals surface area (Å²) in [6.07, 6.45) is 1.30. The van der Waals surface area contributed by atoms with Crippen molar-refractivity contribution in [2.45, 2.75) is 30.2 Å². The molecule has 2 heterocycles. The number of benzene rings is 2.